The molecule has 0 spiro atoms. The molecule has 0 amide bonds. The largest absolute Gasteiger partial charge is 0.396 e. The molecule has 102 valence electrons. The fourth-order valence-electron chi connectivity index (χ4n) is 1.94. The second-order valence-corrected chi connectivity index (χ2v) is 6.01. The van der Waals surface area contributed by atoms with Crippen molar-refractivity contribution in [3.63, 3.8) is 0 Å². The second kappa shape index (κ2) is 6.91. The number of hydrogen-bond acceptors (Lipinski definition) is 2. The molecule has 0 radical (unpaired) electrons. The van der Waals surface area contributed by atoms with Gasteiger partial charge in [-0.2, -0.15) is 0 Å². The van der Waals surface area contributed by atoms with E-state index in [2.05, 4.69) is 57.3 Å². The molecule has 0 saturated heterocycles. The molecular weight excluding hydrogens is 222 g/mol. The molecule has 2 N–H and O–H groups in total. The van der Waals surface area contributed by atoms with Crippen LogP contribution in [0.3, 0.4) is 0 Å². The molecule has 0 aliphatic rings. The first-order chi connectivity index (χ1) is 8.44. The molecule has 0 heterocycles. The zero-order chi connectivity index (χ0) is 13.6. The Kier molecular flexibility index (Phi) is 5.83. The number of aliphatic hydroxyl groups is 1. The van der Waals surface area contributed by atoms with Crippen LogP contribution in [0.4, 0.5) is 0 Å². The van der Waals surface area contributed by atoms with E-state index in [4.69, 9.17) is 0 Å². The summed E-state index contributed by atoms with van der Waals surface area (Å²) < 4.78 is 0. The summed E-state index contributed by atoms with van der Waals surface area (Å²) in [5, 5.41) is 12.7. The maximum Gasteiger partial charge on any atom is 0.0482 e. The van der Waals surface area contributed by atoms with Crippen molar-refractivity contribution in [3.05, 3.63) is 35.4 Å². The summed E-state index contributed by atoms with van der Waals surface area (Å²) in [6, 6.07) is 9.07. The van der Waals surface area contributed by atoms with Gasteiger partial charge in [-0.3, -0.25) is 0 Å². The number of aliphatic hydroxyl groups excluding tert-OH is 1. The van der Waals surface area contributed by atoms with Crippen molar-refractivity contribution in [1.82, 2.24) is 5.32 Å². The van der Waals surface area contributed by atoms with Gasteiger partial charge in [0.1, 0.15) is 0 Å². The molecule has 1 aromatic rings. The molecule has 0 bridgehead atoms. The molecule has 2 nitrogen and oxygen atoms in total. The average molecular weight is 249 g/mol. The van der Waals surface area contributed by atoms with Crippen LogP contribution in [0, 0.1) is 12.3 Å². The predicted molar refractivity (Wildman–Crippen MR) is 77.7 cm³/mol. The molecule has 1 aromatic carbocycles. The lowest BCUT2D eigenvalue weighted by Gasteiger charge is -2.22. The minimum absolute atomic E-state index is 0.0504. The highest BCUT2D eigenvalue weighted by Gasteiger charge is 2.15. The number of hydrogen-bond donors (Lipinski definition) is 2. The Bertz CT molecular complexity index is 343. The third kappa shape index (κ3) is 5.19. The Labute approximate surface area is 111 Å². The number of benzene rings is 1. The summed E-state index contributed by atoms with van der Waals surface area (Å²) in [7, 11) is 0. The van der Waals surface area contributed by atoms with Gasteiger partial charge in [-0.1, -0.05) is 43.7 Å². The minimum Gasteiger partial charge on any atom is -0.396 e. The van der Waals surface area contributed by atoms with E-state index in [1.165, 1.54) is 11.1 Å². The first-order valence-corrected chi connectivity index (χ1v) is 6.85. The fourth-order valence-corrected chi connectivity index (χ4v) is 1.94. The van der Waals surface area contributed by atoms with Crippen LogP contribution >= 0.6 is 0 Å². The van der Waals surface area contributed by atoms with Crippen molar-refractivity contribution in [1.29, 1.82) is 0 Å². The summed E-state index contributed by atoms with van der Waals surface area (Å²) >= 11 is 0. The minimum atomic E-state index is 0.0504. The molecule has 1 rings (SSSR count). The first kappa shape index (κ1) is 15.2. The highest BCUT2D eigenvalue weighted by Crippen LogP contribution is 2.21. The molecule has 18 heavy (non-hydrogen) atoms. The van der Waals surface area contributed by atoms with Crippen LogP contribution in [0.1, 0.15) is 50.8 Å². The number of aryl methyl sites for hydroxylation is 1. The van der Waals surface area contributed by atoms with E-state index < -0.39 is 0 Å². The van der Waals surface area contributed by atoms with E-state index in [9.17, 15) is 5.11 Å². The standard InChI is InChI=1S/C16H27NO/c1-13-6-8-15(9-7-13)14(2)17-11-5-10-16(3,4)12-18/h6-9,14,17-18H,5,10-12H2,1-4H3. The zero-order valence-corrected chi connectivity index (χ0v) is 12.2. The highest BCUT2D eigenvalue weighted by atomic mass is 16.3. The van der Waals surface area contributed by atoms with Crippen LogP contribution in [-0.4, -0.2) is 18.3 Å². The number of rotatable bonds is 7. The lowest BCUT2D eigenvalue weighted by molar-refractivity contribution is 0.147. The Morgan fingerprint density at radius 3 is 2.39 bits per heavy atom. The quantitative estimate of drug-likeness (QED) is 0.725. The van der Waals surface area contributed by atoms with E-state index in [0.717, 1.165) is 19.4 Å². The van der Waals surface area contributed by atoms with Crippen molar-refractivity contribution < 1.29 is 5.11 Å². The van der Waals surface area contributed by atoms with Crippen LogP contribution < -0.4 is 5.32 Å². The summed E-state index contributed by atoms with van der Waals surface area (Å²) in [5.74, 6) is 0. The Morgan fingerprint density at radius 2 is 1.83 bits per heavy atom. The summed E-state index contributed by atoms with van der Waals surface area (Å²) in [4.78, 5) is 0. The maximum atomic E-state index is 9.19. The third-order valence-corrected chi connectivity index (χ3v) is 3.49. The second-order valence-electron chi connectivity index (χ2n) is 6.01. The van der Waals surface area contributed by atoms with Crippen molar-refractivity contribution >= 4 is 0 Å². The summed E-state index contributed by atoms with van der Waals surface area (Å²) in [6.07, 6.45) is 2.15. The smallest absolute Gasteiger partial charge is 0.0482 e. The average Bonchev–Trinajstić information content (AvgIpc) is 2.35. The molecule has 2 heteroatoms. The SMILES string of the molecule is Cc1ccc(C(C)NCCCC(C)(C)CO)cc1. The molecule has 1 unspecified atom stereocenters. The third-order valence-electron chi connectivity index (χ3n) is 3.49. The van der Waals surface area contributed by atoms with E-state index >= 15 is 0 Å². The first-order valence-electron chi connectivity index (χ1n) is 6.85. The van der Waals surface area contributed by atoms with Gasteiger partial charge in [-0.05, 0) is 44.2 Å². The van der Waals surface area contributed by atoms with Gasteiger partial charge in [0.25, 0.3) is 0 Å². The van der Waals surface area contributed by atoms with Gasteiger partial charge >= 0.3 is 0 Å². The summed E-state index contributed by atoms with van der Waals surface area (Å²) in [5.41, 5.74) is 2.69. The van der Waals surface area contributed by atoms with Crippen LogP contribution in [-0.2, 0) is 0 Å². The van der Waals surface area contributed by atoms with E-state index in [-0.39, 0.29) is 12.0 Å². The lowest BCUT2D eigenvalue weighted by Crippen LogP contribution is -2.23. The fraction of sp³-hybridized carbons (Fsp3) is 0.625. The zero-order valence-electron chi connectivity index (χ0n) is 12.2. The molecule has 1 atom stereocenters. The van der Waals surface area contributed by atoms with Crippen molar-refractivity contribution in [2.24, 2.45) is 5.41 Å². The van der Waals surface area contributed by atoms with Gasteiger partial charge in [0.2, 0.25) is 0 Å². The van der Waals surface area contributed by atoms with Crippen molar-refractivity contribution in [3.8, 4) is 0 Å². The molecule has 0 aromatic heterocycles. The van der Waals surface area contributed by atoms with Crippen LogP contribution in [0.25, 0.3) is 0 Å². The van der Waals surface area contributed by atoms with Gasteiger partial charge in [-0.15, -0.1) is 0 Å². The van der Waals surface area contributed by atoms with E-state index in [1.54, 1.807) is 0 Å². The number of nitrogens with one attached hydrogen (secondary N) is 1. The highest BCUT2D eigenvalue weighted by molar-refractivity contribution is 5.23. The van der Waals surface area contributed by atoms with Crippen LogP contribution in [0.2, 0.25) is 0 Å². The van der Waals surface area contributed by atoms with E-state index in [1.807, 2.05) is 0 Å². The van der Waals surface area contributed by atoms with Crippen LogP contribution in [0.15, 0.2) is 24.3 Å². The molecule has 0 fully saturated rings. The van der Waals surface area contributed by atoms with Crippen LogP contribution in [0.5, 0.6) is 0 Å². The maximum absolute atomic E-state index is 9.19. The van der Waals surface area contributed by atoms with Gasteiger partial charge in [0, 0.05) is 12.6 Å². The predicted octanol–water partition coefficient (Wildman–Crippen LogP) is 3.44. The van der Waals surface area contributed by atoms with Gasteiger partial charge in [-0.25, -0.2) is 0 Å². The Hall–Kier alpha value is -0.860. The summed E-state index contributed by atoms with van der Waals surface area (Å²) in [6.45, 7) is 9.78. The Morgan fingerprint density at radius 1 is 1.22 bits per heavy atom. The van der Waals surface area contributed by atoms with Gasteiger partial charge in [0.05, 0.1) is 0 Å². The molecule has 0 saturated carbocycles. The van der Waals surface area contributed by atoms with Gasteiger partial charge < -0.3 is 10.4 Å². The monoisotopic (exact) mass is 249 g/mol. The normalized spacial score (nSPS) is 13.6. The lowest BCUT2D eigenvalue weighted by atomic mass is 9.89. The van der Waals surface area contributed by atoms with Crippen molar-refractivity contribution in [2.75, 3.05) is 13.2 Å². The molecule has 0 aliphatic heterocycles. The van der Waals surface area contributed by atoms with Crippen molar-refractivity contribution in [2.45, 2.75) is 46.6 Å². The van der Waals surface area contributed by atoms with E-state index in [0.29, 0.717) is 6.04 Å². The topological polar surface area (TPSA) is 32.3 Å². The molecule has 0 aliphatic carbocycles. The van der Waals surface area contributed by atoms with Gasteiger partial charge in [0.15, 0.2) is 0 Å². The molecular formula is C16H27NO. The Balaban J connectivity index is 2.29.